The number of alkyl halides is 2. The molecule has 0 bridgehead atoms. The third-order valence-electron chi connectivity index (χ3n) is 0.978. The SMILES string of the molecule is FC(Br)C1CC1. The molecule has 0 aromatic carbocycles. The fraction of sp³-hybridized carbons (Fsp3) is 1.00. The van der Waals surface area contributed by atoms with Gasteiger partial charge in [0.25, 0.3) is 0 Å². The van der Waals surface area contributed by atoms with Gasteiger partial charge in [-0.2, -0.15) is 0 Å². The second-order valence-electron chi connectivity index (χ2n) is 1.67. The van der Waals surface area contributed by atoms with Gasteiger partial charge in [0, 0.05) is 5.92 Å². The molecule has 6 heavy (non-hydrogen) atoms. The standard InChI is InChI=1S/C4H6BrF/c5-4(6)3-1-2-3/h3-4H,1-2H2. The summed E-state index contributed by atoms with van der Waals surface area (Å²) in [5.41, 5.74) is 0. The van der Waals surface area contributed by atoms with E-state index in [4.69, 9.17) is 0 Å². The van der Waals surface area contributed by atoms with Crippen molar-refractivity contribution in [3.63, 3.8) is 0 Å². The van der Waals surface area contributed by atoms with Crippen LogP contribution in [0.15, 0.2) is 0 Å². The highest BCUT2D eigenvalue weighted by Crippen LogP contribution is 2.36. The predicted molar refractivity (Wildman–Crippen MR) is 26.5 cm³/mol. The molecular formula is C4H6BrF. The van der Waals surface area contributed by atoms with Crippen molar-refractivity contribution >= 4 is 15.9 Å². The van der Waals surface area contributed by atoms with Gasteiger partial charge in [-0.25, -0.2) is 4.39 Å². The number of hydrogen-bond donors (Lipinski definition) is 0. The quantitative estimate of drug-likeness (QED) is 0.506. The molecule has 0 aliphatic heterocycles. The summed E-state index contributed by atoms with van der Waals surface area (Å²) in [5, 5.41) is -0.725. The van der Waals surface area contributed by atoms with E-state index in [9.17, 15) is 4.39 Å². The zero-order valence-electron chi connectivity index (χ0n) is 3.32. The van der Waals surface area contributed by atoms with E-state index in [1.54, 1.807) is 0 Å². The fourth-order valence-electron chi connectivity index (χ4n) is 0.348. The molecule has 0 aromatic heterocycles. The molecule has 1 saturated carbocycles. The minimum absolute atomic E-state index is 0.352. The van der Waals surface area contributed by atoms with E-state index < -0.39 is 5.08 Å². The Kier molecular flexibility index (Phi) is 1.13. The van der Waals surface area contributed by atoms with Gasteiger partial charge in [0.15, 0.2) is 5.08 Å². The van der Waals surface area contributed by atoms with Crippen LogP contribution >= 0.6 is 15.9 Å². The van der Waals surface area contributed by atoms with Crippen molar-refractivity contribution in [1.82, 2.24) is 0 Å². The van der Waals surface area contributed by atoms with Crippen molar-refractivity contribution in [3.05, 3.63) is 0 Å². The second kappa shape index (κ2) is 1.49. The molecule has 36 valence electrons. The lowest BCUT2D eigenvalue weighted by Crippen LogP contribution is -1.85. The summed E-state index contributed by atoms with van der Waals surface area (Å²) in [7, 11) is 0. The van der Waals surface area contributed by atoms with Crippen molar-refractivity contribution in [3.8, 4) is 0 Å². The molecular weight excluding hydrogens is 147 g/mol. The third-order valence-corrected chi connectivity index (χ3v) is 1.73. The van der Waals surface area contributed by atoms with E-state index in [0.29, 0.717) is 5.92 Å². The van der Waals surface area contributed by atoms with Crippen LogP contribution in [0, 0.1) is 5.92 Å². The summed E-state index contributed by atoms with van der Waals surface area (Å²) in [6.45, 7) is 0. The molecule has 2 heteroatoms. The molecule has 1 aliphatic rings. The minimum atomic E-state index is -0.725. The van der Waals surface area contributed by atoms with Gasteiger partial charge in [-0.05, 0) is 12.8 Å². The molecule has 1 atom stereocenters. The summed E-state index contributed by atoms with van der Waals surface area (Å²) >= 11 is 2.83. The molecule has 0 radical (unpaired) electrons. The van der Waals surface area contributed by atoms with Gasteiger partial charge in [-0.15, -0.1) is 0 Å². The van der Waals surface area contributed by atoms with Crippen LogP contribution in [0.1, 0.15) is 12.8 Å². The second-order valence-corrected chi connectivity index (χ2v) is 2.55. The minimum Gasteiger partial charge on any atom is -0.235 e. The van der Waals surface area contributed by atoms with Crippen LogP contribution in [-0.4, -0.2) is 5.08 Å². The average Bonchev–Trinajstić information content (AvgIpc) is 2.06. The number of halogens is 2. The van der Waals surface area contributed by atoms with Crippen LogP contribution in [0.5, 0.6) is 0 Å². The Morgan fingerprint density at radius 3 is 2.17 bits per heavy atom. The highest BCUT2D eigenvalue weighted by molar-refractivity contribution is 9.09. The molecule has 1 fully saturated rings. The van der Waals surface area contributed by atoms with Crippen molar-refractivity contribution in [2.45, 2.75) is 17.9 Å². The topological polar surface area (TPSA) is 0 Å². The molecule has 0 saturated heterocycles. The summed E-state index contributed by atoms with van der Waals surface area (Å²) in [4.78, 5) is 0. The van der Waals surface area contributed by atoms with Gasteiger partial charge in [0.05, 0.1) is 0 Å². The zero-order valence-corrected chi connectivity index (χ0v) is 4.91. The lowest BCUT2D eigenvalue weighted by Gasteiger charge is -1.87. The number of rotatable bonds is 1. The molecule has 0 amide bonds. The van der Waals surface area contributed by atoms with Crippen LogP contribution in [0.3, 0.4) is 0 Å². The maximum atomic E-state index is 11.8. The predicted octanol–water partition coefficient (Wildman–Crippen LogP) is 2.09. The van der Waals surface area contributed by atoms with Gasteiger partial charge < -0.3 is 0 Å². The van der Waals surface area contributed by atoms with Gasteiger partial charge in [0.1, 0.15) is 0 Å². The lowest BCUT2D eigenvalue weighted by atomic mass is 10.5. The van der Waals surface area contributed by atoms with Crippen LogP contribution in [0.25, 0.3) is 0 Å². The van der Waals surface area contributed by atoms with Gasteiger partial charge >= 0.3 is 0 Å². The summed E-state index contributed by atoms with van der Waals surface area (Å²) in [6.07, 6.45) is 2.15. The first-order chi connectivity index (χ1) is 2.80. The molecule has 0 N–H and O–H groups in total. The maximum absolute atomic E-state index is 11.8. The van der Waals surface area contributed by atoms with E-state index in [1.807, 2.05) is 0 Å². The van der Waals surface area contributed by atoms with Crippen molar-refractivity contribution in [1.29, 1.82) is 0 Å². The summed E-state index contributed by atoms with van der Waals surface area (Å²) < 4.78 is 11.8. The Bertz CT molecular complexity index is 49.5. The van der Waals surface area contributed by atoms with Crippen LogP contribution in [0.2, 0.25) is 0 Å². The molecule has 0 aromatic rings. The summed E-state index contributed by atoms with van der Waals surface area (Å²) in [5.74, 6) is 0.352. The Hall–Kier alpha value is 0.410. The van der Waals surface area contributed by atoms with Crippen molar-refractivity contribution < 1.29 is 4.39 Å². The first-order valence-corrected chi connectivity index (χ1v) is 3.00. The largest absolute Gasteiger partial charge is 0.235 e. The maximum Gasteiger partial charge on any atom is 0.157 e. The monoisotopic (exact) mass is 152 g/mol. The van der Waals surface area contributed by atoms with E-state index in [-0.39, 0.29) is 0 Å². The molecule has 1 unspecified atom stereocenters. The van der Waals surface area contributed by atoms with E-state index in [1.165, 1.54) is 0 Å². The first kappa shape index (κ1) is 4.57. The molecule has 0 nitrogen and oxygen atoms in total. The van der Waals surface area contributed by atoms with Crippen molar-refractivity contribution in [2.75, 3.05) is 0 Å². The Morgan fingerprint density at radius 1 is 1.67 bits per heavy atom. The lowest BCUT2D eigenvalue weighted by molar-refractivity contribution is 0.422. The molecule has 0 heterocycles. The van der Waals surface area contributed by atoms with Crippen molar-refractivity contribution in [2.24, 2.45) is 5.92 Å². The fourth-order valence-corrected chi connectivity index (χ4v) is 0.877. The number of hydrogen-bond acceptors (Lipinski definition) is 0. The first-order valence-electron chi connectivity index (χ1n) is 2.09. The van der Waals surface area contributed by atoms with Gasteiger partial charge in [0.2, 0.25) is 0 Å². The Balaban J connectivity index is 2.13. The Morgan fingerprint density at radius 2 is 2.17 bits per heavy atom. The van der Waals surface area contributed by atoms with E-state index >= 15 is 0 Å². The Labute approximate surface area is 44.9 Å². The van der Waals surface area contributed by atoms with Gasteiger partial charge in [-0.3, -0.25) is 0 Å². The molecule has 0 spiro atoms. The van der Waals surface area contributed by atoms with Crippen LogP contribution in [-0.2, 0) is 0 Å². The van der Waals surface area contributed by atoms with Gasteiger partial charge in [-0.1, -0.05) is 15.9 Å². The van der Waals surface area contributed by atoms with Crippen LogP contribution < -0.4 is 0 Å². The smallest absolute Gasteiger partial charge is 0.157 e. The third kappa shape index (κ3) is 0.934. The summed E-state index contributed by atoms with van der Waals surface area (Å²) in [6, 6.07) is 0. The van der Waals surface area contributed by atoms with E-state index in [0.717, 1.165) is 12.8 Å². The zero-order chi connectivity index (χ0) is 4.57. The molecule has 1 aliphatic carbocycles. The van der Waals surface area contributed by atoms with Crippen LogP contribution in [0.4, 0.5) is 4.39 Å². The average molecular weight is 153 g/mol. The molecule has 1 rings (SSSR count). The highest BCUT2D eigenvalue weighted by atomic mass is 79.9. The highest BCUT2D eigenvalue weighted by Gasteiger charge is 2.28. The van der Waals surface area contributed by atoms with E-state index in [2.05, 4.69) is 15.9 Å². The normalized spacial score (nSPS) is 27.0.